The molecule has 0 aromatic heterocycles. The molecule has 25 heavy (non-hydrogen) atoms. The van der Waals surface area contributed by atoms with Crippen LogP contribution in [0.25, 0.3) is 11.1 Å². The lowest BCUT2D eigenvalue weighted by atomic mass is 10.0. The van der Waals surface area contributed by atoms with Crippen LogP contribution in [0.1, 0.15) is 30.1 Å². The zero-order chi connectivity index (χ0) is 17.8. The summed E-state index contributed by atoms with van der Waals surface area (Å²) in [6.07, 6.45) is 2.13. The molecule has 3 nitrogen and oxygen atoms in total. The SMILES string of the molecule is CCCN1CC[C@H](NC(=O)c2ccc(-c3ccc(F)cc3Cl)cc2)C1. The van der Waals surface area contributed by atoms with Crippen LogP contribution in [0, 0.1) is 5.82 Å². The molecule has 132 valence electrons. The number of carbonyl (C=O) groups is 1. The van der Waals surface area contributed by atoms with Crippen LogP contribution in [-0.4, -0.2) is 36.5 Å². The number of rotatable bonds is 5. The average molecular weight is 361 g/mol. The van der Waals surface area contributed by atoms with Gasteiger partial charge >= 0.3 is 0 Å². The van der Waals surface area contributed by atoms with Crippen LogP contribution in [0.3, 0.4) is 0 Å². The molecule has 0 radical (unpaired) electrons. The largest absolute Gasteiger partial charge is 0.348 e. The average Bonchev–Trinajstić information content (AvgIpc) is 3.02. The van der Waals surface area contributed by atoms with Crippen LogP contribution in [0.5, 0.6) is 0 Å². The van der Waals surface area contributed by atoms with Crippen molar-refractivity contribution < 1.29 is 9.18 Å². The van der Waals surface area contributed by atoms with E-state index in [1.54, 1.807) is 18.2 Å². The standard InChI is InChI=1S/C20H22ClFN2O/c1-2-10-24-11-9-17(13-24)23-20(25)15-5-3-14(4-6-15)18-8-7-16(22)12-19(18)21/h3-8,12,17H,2,9-11,13H2,1H3,(H,23,25)/t17-/m0/s1. The molecule has 1 aliphatic rings. The molecule has 1 amide bonds. The van der Waals surface area contributed by atoms with Crippen molar-refractivity contribution in [1.82, 2.24) is 10.2 Å². The van der Waals surface area contributed by atoms with Crippen LogP contribution in [-0.2, 0) is 0 Å². The van der Waals surface area contributed by atoms with Gasteiger partial charge in [-0.2, -0.15) is 0 Å². The maximum absolute atomic E-state index is 13.2. The van der Waals surface area contributed by atoms with Crippen LogP contribution < -0.4 is 5.32 Å². The van der Waals surface area contributed by atoms with E-state index in [9.17, 15) is 9.18 Å². The summed E-state index contributed by atoms with van der Waals surface area (Å²) in [6.45, 7) is 5.21. The lowest BCUT2D eigenvalue weighted by molar-refractivity contribution is 0.0938. The smallest absolute Gasteiger partial charge is 0.251 e. The molecule has 0 saturated carbocycles. The molecular weight excluding hydrogens is 339 g/mol. The summed E-state index contributed by atoms with van der Waals surface area (Å²) < 4.78 is 13.2. The number of nitrogens with one attached hydrogen (secondary N) is 1. The van der Waals surface area contributed by atoms with Crippen molar-refractivity contribution in [3.63, 3.8) is 0 Å². The van der Waals surface area contributed by atoms with E-state index in [-0.39, 0.29) is 17.8 Å². The maximum Gasteiger partial charge on any atom is 0.251 e. The molecule has 3 rings (SSSR count). The fraction of sp³-hybridized carbons (Fsp3) is 0.350. The number of amides is 1. The van der Waals surface area contributed by atoms with Crippen molar-refractivity contribution in [1.29, 1.82) is 0 Å². The Morgan fingerprint density at radius 1 is 1.28 bits per heavy atom. The van der Waals surface area contributed by atoms with E-state index >= 15 is 0 Å². The minimum absolute atomic E-state index is 0.0555. The van der Waals surface area contributed by atoms with Gasteiger partial charge < -0.3 is 10.2 Å². The zero-order valence-electron chi connectivity index (χ0n) is 14.3. The maximum atomic E-state index is 13.2. The van der Waals surface area contributed by atoms with Gasteiger partial charge in [-0.1, -0.05) is 30.7 Å². The third kappa shape index (κ3) is 4.39. The fourth-order valence-electron chi connectivity index (χ4n) is 3.26. The van der Waals surface area contributed by atoms with Gasteiger partial charge in [0.2, 0.25) is 0 Å². The van der Waals surface area contributed by atoms with Crippen molar-refractivity contribution >= 4 is 17.5 Å². The molecule has 1 N–H and O–H groups in total. The molecule has 1 aliphatic heterocycles. The number of nitrogens with zero attached hydrogens (tertiary/aromatic N) is 1. The highest BCUT2D eigenvalue weighted by molar-refractivity contribution is 6.33. The molecule has 0 spiro atoms. The van der Waals surface area contributed by atoms with E-state index < -0.39 is 0 Å². The number of benzene rings is 2. The number of hydrogen-bond acceptors (Lipinski definition) is 2. The first-order valence-electron chi connectivity index (χ1n) is 8.65. The second-order valence-corrected chi connectivity index (χ2v) is 6.87. The minimum atomic E-state index is -0.363. The molecule has 1 atom stereocenters. The van der Waals surface area contributed by atoms with E-state index in [1.165, 1.54) is 12.1 Å². The molecule has 1 fully saturated rings. The van der Waals surface area contributed by atoms with Gasteiger partial charge in [0.1, 0.15) is 5.82 Å². The van der Waals surface area contributed by atoms with Gasteiger partial charge in [-0.3, -0.25) is 4.79 Å². The topological polar surface area (TPSA) is 32.3 Å². The fourth-order valence-corrected chi connectivity index (χ4v) is 3.54. The molecule has 2 aromatic rings. The predicted octanol–water partition coefficient (Wildman–Crippen LogP) is 4.36. The normalized spacial score (nSPS) is 17.6. The first-order valence-corrected chi connectivity index (χ1v) is 9.03. The Morgan fingerprint density at radius 2 is 2.04 bits per heavy atom. The molecule has 5 heteroatoms. The summed E-state index contributed by atoms with van der Waals surface area (Å²) in [6, 6.07) is 11.8. The summed E-state index contributed by atoms with van der Waals surface area (Å²) in [7, 11) is 0. The number of likely N-dealkylation sites (tertiary alicyclic amines) is 1. The van der Waals surface area contributed by atoms with E-state index in [2.05, 4.69) is 17.1 Å². The number of halogens is 2. The first-order chi connectivity index (χ1) is 12.1. The van der Waals surface area contributed by atoms with E-state index in [0.717, 1.165) is 43.6 Å². The Bertz CT molecular complexity index is 748. The van der Waals surface area contributed by atoms with E-state index in [1.807, 2.05) is 12.1 Å². The minimum Gasteiger partial charge on any atom is -0.348 e. The van der Waals surface area contributed by atoms with Gasteiger partial charge in [-0.05, 0) is 55.3 Å². The summed E-state index contributed by atoms with van der Waals surface area (Å²) in [5, 5.41) is 3.47. The quantitative estimate of drug-likeness (QED) is 0.859. The Hall–Kier alpha value is -1.91. The van der Waals surface area contributed by atoms with Crippen molar-refractivity contribution in [3.8, 4) is 11.1 Å². The highest BCUT2D eigenvalue weighted by atomic mass is 35.5. The summed E-state index contributed by atoms with van der Waals surface area (Å²) >= 11 is 6.10. The highest BCUT2D eigenvalue weighted by Gasteiger charge is 2.23. The van der Waals surface area contributed by atoms with Crippen molar-refractivity contribution in [2.24, 2.45) is 0 Å². The molecule has 0 bridgehead atoms. The van der Waals surface area contributed by atoms with E-state index in [4.69, 9.17) is 11.6 Å². The molecule has 1 saturated heterocycles. The second kappa shape index (κ2) is 7.98. The summed E-state index contributed by atoms with van der Waals surface area (Å²) in [5.41, 5.74) is 2.23. The van der Waals surface area contributed by atoms with Crippen molar-refractivity contribution in [3.05, 3.63) is 58.9 Å². The summed E-state index contributed by atoms with van der Waals surface area (Å²) in [5.74, 6) is -0.418. The molecule has 0 unspecified atom stereocenters. The van der Waals surface area contributed by atoms with Crippen molar-refractivity contribution in [2.75, 3.05) is 19.6 Å². The van der Waals surface area contributed by atoms with Gasteiger partial charge in [-0.25, -0.2) is 4.39 Å². The predicted molar refractivity (Wildman–Crippen MR) is 99.4 cm³/mol. The molecule has 0 aliphatic carbocycles. The lowest BCUT2D eigenvalue weighted by Crippen LogP contribution is -2.37. The number of carbonyl (C=O) groups excluding carboxylic acids is 1. The number of hydrogen-bond donors (Lipinski definition) is 1. The van der Waals surface area contributed by atoms with Gasteiger partial charge in [-0.15, -0.1) is 0 Å². The third-order valence-electron chi connectivity index (χ3n) is 4.54. The van der Waals surface area contributed by atoms with E-state index in [0.29, 0.717) is 10.6 Å². The van der Waals surface area contributed by atoms with Gasteiger partial charge in [0.15, 0.2) is 0 Å². The Morgan fingerprint density at radius 3 is 2.72 bits per heavy atom. The van der Waals surface area contributed by atoms with Crippen LogP contribution >= 0.6 is 11.6 Å². The lowest BCUT2D eigenvalue weighted by Gasteiger charge is -2.15. The Labute approximate surface area is 152 Å². The third-order valence-corrected chi connectivity index (χ3v) is 4.85. The van der Waals surface area contributed by atoms with Gasteiger partial charge in [0.05, 0.1) is 5.02 Å². The molecule has 1 heterocycles. The highest BCUT2D eigenvalue weighted by Crippen LogP contribution is 2.28. The first kappa shape index (κ1) is 17.9. The van der Waals surface area contributed by atoms with Crippen LogP contribution in [0.2, 0.25) is 5.02 Å². The Balaban J connectivity index is 1.65. The molecule has 2 aromatic carbocycles. The zero-order valence-corrected chi connectivity index (χ0v) is 15.0. The molecular formula is C20H22ClFN2O. The van der Waals surface area contributed by atoms with Crippen LogP contribution in [0.15, 0.2) is 42.5 Å². The second-order valence-electron chi connectivity index (χ2n) is 6.46. The van der Waals surface area contributed by atoms with Crippen LogP contribution in [0.4, 0.5) is 4.39 Å². The monoisotopic (exact) mass is 360 g/mol. The summed E-state index contributed by atoms with van der Waals surface area (Å²) in [4.78, 5) is 14.8. The van der Waals surface area contributed by atoms with Crippen molar-refractivity contribution in [2.45, 2.75) is 25.8 Å². The van der Waals surface area contributed by atoms with Gasteiger partial charge in [0.25, 0.3) is 5.91 Å². The van der Waals surface area contributed by atoms with Gasteiger partial charge in [0, 0.05) is 30.3 Å². The Kier molecular flexibility index (Phi) is 5.71.